The van der Waals surface area contributed by atoms with Crippen LogP contribution in [0.1, 0.15) is 34.0 Å². The zero-order valence-corrected chi connectivity index (χ0v) is 26.9. The molecule has 2 atom stereocenters. The molecule has 3 amide bonds. The number of fused-ring (bicyclic) bond motifs is 1. The normalized spacial score (nSPS) is 17.9. The second kappa shape index (κ2) is 13.5. The zero-order chi connectivity index (χ0) is 34.8. The summed E-state index contributed by atoms with van der Waals surface area (Å²) in [6.07, 6.45) is 0.0243. The highest BCUT2D eigenvalue weighted by atomic mass is 19.4. The molecule has 1 aromatic heterocycles. The minimum Gasteiger partial charge on any atom is -0.340 e. The van der Waals surface area contributed by atoms with E-state index in [0.29, 0.717) is 34.9 Å². The van der Waals surface area contributed by atoms with E-state index in [1.807, 2.05) is 49.3 Å². The fourth-order valence-corrected chi connectivity index (χ4v) is 5.69. The monoisotopic (exact) mass is 654 g/mol. The molecule has 0 unspecified atom stereocenters. The van der Waals surface area contributed by atoms with E-state index >= 15 is 0 Å². The van der Waals surface area contributed by atoms with Crippen molar-refractivity contribution in [2.75, 3.05) is 44.0 Å². The molecular formula is C35H34BF3N6O3. The van der Waals surface area contributed by atoms with Gasteiger partial charge in [0.2, 0.25) is 5.91 Å². The largest absolute Gasteiger partial charge is 0.416 e. The summed E-state index contributed by atoms with van der Waals surface area (Å²) in [6.45, 7) is 2.49. The number of para-hydroxylation sites is 1. The van der Waals surface area contributed by atoms with Crippen molar-refractivity contribution < 1.29 is 27.6 Å². The molecule has 9 nitrogen and oxygen atoms in total. The smallest absolute Gasteiger partial charge is 0.340 e. The van der Waals surface area contributed by atoms with Gasteiger partial charge in [0.1, 0.15) is 11.9 Å². The van der Waals surface area contributed by atoms with Crippen LogP contribution in [0.15, 0.2) is 97.2 Å². The van der Waals surface area contributed by atoms with E-state index in [-0.39, 0.29) is 18.0 Å². The van der Waals surface area contributed by atoms with Crippen LogP contribution < -0.4 is 15.1 Å². The first-order chi connectivity index (χ1) is 22.8. The highest BCUT2D eigenvalue weighted by molar-refractivity contribution is 6.25. The number of benzene rings is 3. The Hall–Kier alpha value is -5.17. The molecule has 0 fully saturated rings. The Morgan fingerprint density at radius 2 is 1.73 bits per heavy atom. The molecule has 0 aliphatic carbocycles. The van der Waals surface area contributed by atoms with Gasteiger partial charge in [-0.3, -0.25) is 19.3 Å². The van der Waals surface area contributed by atoms with Crippen LogP contribution in [-0.2, 0) is 21.1 Å². The Morgan fingerprint density at radius 1 is 1.02 bits per heavy atom. The standard InChI is InChI=1S/C35H34BF3N6O3/c1-5-44-32-28(22-40-45(32)26-15-7-6-8-16-26)34(36,24-13-10-17-27(21-24)43(4)29(46)18-11-19-42(2)3)30(33(44)48)41-31(47)23-12-9-14-25(20-23)35(37,38)39/h6-18,20-22,30H,5,19H2,1-4H3,(H,41,47)/b18-11+/t30-,34-/m0/s1. The molecule has 4 aromatic rings. The Morgan fingerprint density at radius 3 is 2.40 bits per heavy atom. The van der Waals surface area contributed by atoms with Crippen LogP contribution in [0.2, 0.25) is 0 Å². The van der Waals surface area contributed by atoms with Crippen LogP contribution in [0.5, 0.6) is 0 Å². The van der Waals surface area contributed by atoms with E-state index < -0.39 is 34.9 Å². The fraction of sp³-hybridized carbons (Fsp3) is 0.257. The Balaban J connectivity index is 1.65. The van der Waals surface area contributed by atoms with Gasteiger partial charge in [-0.15, -0.1) is 0 Å². The third kappa shape index (κ3) is 6.50. The Bertz CT molecular complexity index is 1860. The number of alkyl halides is 3. The lowest BCUT2D eigenvalue weighted by Gasteiger charge is -2.45. The number of nitrogens with one attached hydrogen (secondary N) is 1. The first kappa shape index (κ1) is 34.2. The Kier molecular flexibility index (Phi) is 9.63. The second-order valence-corrected chi connectivity index (χ2v) is 11.7. The summed E-state index contributed by atoms with van der Waals surface area (Å²) in [5.41, 5.74) is 0.566. The van der Waals surface area contributed by atoms with E-state index in [2.05, 4.69) is 10.4 Å². The van der Waals surface area contributed by atoms with Crippen molar-refractivity contribution in [3.63, 3.8) is 0 Å². The van der Waals surface area contributed by atoms with Gasteiger partial charge in [0, 0.05) is 48.3 Å². The van der Waals surface area contributed by atoms with Crippen LogP contribution in [0, 0.1) is 0 Å². The first-order valence-electron chi connectivity index (χ1n) is 15.2. The lowest BCUT2D eigenvalue weighted by atomic mass is 9.54. The van der Waals surface area contributed by atoms with E-state index in [0.717, 1.165) is 18.2 Å². The third-order valence-corrected chi connectivity index (χ3v) is 8.23. The van der Waals surface area contributed by atoms with Gasteiger partial charge >= 0.3 is 6.18 Å². The van der Waals surface area contributed by atoms with Gasteiger partial charge in [-0.2, -0.15) is 18.3 Å². The van der Waals surface area contributed by atoms with Crippen molar-refractivity contribution in [1.82, 2.24) is 20.0 Å². The van der Waals surface area contributed by atoms with Gasteiger partial charge in [-0.25, -0.2) is 4.68 Å². The molecular weight excluding hydrogens is 620 g/mol. The average Bonchev–Trinajstić information content (AvgIpc) is 3.52. The van der Waals surface area contributed by atoms with Gasteiger partial charge in [0.15, 0.2) is 0 Å². The van der Waals surface area contributed by atoms with E-state index in [1.165, 1.54) is 28.1 Å². The summed E-state index contributed by atoms with van der Waals surface area (Å²) < 4.78 is 42.1. The lowest BCUT2D eigenvalue weighted by molar-refractivity contribution is -0.137. The summed E-state index contributed by atoms with van der Waals surface area (Å²) in [4.78, 5) is 45.8. The minimum atomic E-state index is -4.68. The molecule has 5 rings (SSSR count). The molecule has 3 aromatic carbocycles. The first-order valence-corrected chi connectivity index (χ1v) is 15.2. The molecule has 0 saturated heterocycles. The molecule has 246 valence electrons. The summed E-state index contributed by atoms with van der Waals surface area (Å²) in [5, 5.41) is 5.48. The summed E-state index contributed by atoms with van der Waals surface area (Å²) in [5.74, 6) is -1.43. The number of likely N-dealkylation sites (N-methyl/N-ethyl adjacent to an activating group) is 3. The summed E-state index contributed by atoms with van der Waals surface area (Å²) >= 11 is 0. The van der Waals surface area contributed by atoms with Gasteiger partial charge in [-0.05, 0) is 69.0 Å². The second-order valence-electron chi connectivity index (χ2n) is 11.7. The maximum atomic E-state index is 14.4. The topological polar surface area (TPSA) is 90.8 Å². The van der Waals surface area contributed by atoms with Crippen molar-refractivity contribution in [2.24, 2.45) is 0 Å². The highest BCUT2D eigenvalue weighted by Gasteiger charge is 2.52. The number of amides is 3. The van der Waals surface area contributed by atoms with Crippen LogP contribution in [0.3, 0.4) is 0 Å². The number of carbonyl (C=O) groups is 3. The minimum absolute atomic E-state index is 0.174. The van der Waals surface area contributed by atoms with Crippen molar-refractivity contribution in [1.29, 1.82) is 0 Å². The molecule has 48 heavy (non-hydrogen) atoms. The lowest BCUT2D eigenvalue weighted by Crippen LogP contribution is -2.63. The van der Waals surface area contributed by atoms with Gasteiger partial charge in [0.25, 0.3) is 11.8 Å². The van der Waals surface area contributed by atoms with E-state index in [4.69, 9.17) is 7.85 Å². The van der Waals surface area contributed by atoms with Gasteiger partial charge in [-0.1, -0.05) is 42.5 Å². The quantitative estimate of drug-likeness (QED) is 0.212. The predicted molar refractivity (Wildman–Crippen MR) is 178 cm³/mol. The summed E-state index contributed by atoms with van der Waals surface area (Å²) in [6, 6.07) is 18.3. The number of halogens is 3. The maximum Gasteiger partial charge on any atom is 0.416 e. The molecule has 0 spiro atoms. The fourth-order valence-electron chi connectivity index (χ4n) is 5.69. The molecule has 0 saturated carbocycles. The average molecular weight is 655 g/mol. The number of hydrogen-bond acceptors (Lipinski definition) is 5. The van der Waals surface area contributed by atoms with Gasteiger partial charge in [0.05, 0.1) is 25.3 Å². The van der Waals surface area contributed by atoms with E-state index in [1.54, 1.807) is 49.0 Å². The van der Waals surface area contributed by atoms with E-state index in [9.17, 15) is 27.6 Å². The number of anilines is 2. The SMILES string of the molecule is [B][C@@]1(c2cccc(N(C)C(=O)/C=C/CN(C)C)c2)c2cnn(-c3ccccc3)c2N(CC)C(=O)[C@@H]1NC(=O)c1cccc(C(F)(F)F)c1. The molecule has 1 aliphatic rings. The van der Waals surface area contributed by atoms with Crippen LogP contribution in [0.25, 0.3) is 5.69 Å². The third-order valence-electron chi connectivity index (χ3n) is 8.23. The number of nitrogens with zero attached hydrogens (tertiary/aromatic N) is 5. The number of hydrogen-bond donors (Lipinski definition) is 1. The van der Waals surface area contributed by atoms with Crippen LogP contribution in [0.4, 0.5) is 24.7 Å². The number of aromatic nitrogens is 2. The van der Waals surface area contributed by atoms with Crippen molar-refractivity contribution in [3.8, 4) is 5.69 Å². The molecule has 0 bridgehead atoms. The molecule has 1 N–H and O–H groups in total. The number of rotatable bonds is 9. The maximum absolute atomic E-state index is 14.4. The van der Waals surface area contributed by atoms with Crippen LogP contribution in [-0.4, -0.2) is 80.5 Å². The predicted octanol–water partition coefficient (Wildman–Crippen LogP) is 4.55. The molecule has 13 heteroatoms. The van der Waals surface area contributed by atoms with Crippen molar-refractivity contribution >= 4 is 37.1 Å². The Labute approximate surface area is 278 Å². The van der Waals surface area contributed by atoms with Gasteiger partial charge < -0.3 is 15.1 Å². The highest BCUT2D eigenvalue weighted by Crippen LogP contribution is 2.45. The summed E-state index contributed by atoms with van der Waals surface area (Å²) in [7, 11) is 12.7. The van der Waals surface area contributed by atoms with Crippen molar-refractivity contribution in [3.05, 3.63) is 119 Å². The zero-order valence-electron chi connectivity index (χ0n) is 26.9. The van der Waals surface area contributed by atoms with Crippen molar-refractivity contribution in [2.45, 2.75) is 24.5 Å². The molecule has 2 radical (unpaired) electrons. The van der Waals surface area contributed by atoms with Crippen LogP contribution >= 0.6 is 0 Å². The molecule has 2 heterocycles. The number of carbonyl (C=O) groups excluding carboxylic acids is 3. The molecule has 1 aliphatic heterocycles.